The molecule has 0 aromatic heterocycles. The average molecular weight is 671 g/mol. The lowest BCUT2D eigenvalue weighted by atomic mass is 9.84. The van der Waals surface area contributed by atoms with Crippen molar-refractivity contribution in [2.45, 2.75) is 85.3 Å². The Hall–Kier alpha value is -4.12. The molecule has 1 heterocycles. The van der Waals surface area contributed by atoms with Gasteiger partial charge in [0.05, 0.1) is 14.2 Å². The third kappa shape index (κ3) is 11.2. The number of esters is 1. The Labute approximate surface area is 285 Å². The molecule has 266 valence electrons. The highest BCUT2D eigenvalue weighted by Gasteiger charge is 2.41. The number of hydrogen-bond donors (Lipinski definition) is 1. The molecule has 1 aliphatic rings. The molecule has 11 nitrogen and oxygen atoms in total. The summed E-state index contributed by atoms with van der Waals surface area (Å²) >= 11 is 0. The lowest BCUT2D eigenvalue weighted by Gasteiger charge is -2.36. The maximum absolute atomic E-state index is 13.8. The van der Waals surface area contributed by atoms with Gasteiger partial charge in [0.1, 0.15) is 17.9 Å². The molecule has 0 radical (unpaired) electrons. The van der Waals surface area contributed by atoms with Gasteiger partial charge in [-0.1, -0.05) is 46.4 Å². The molecule has 1 fully saturated rings. The summed E-state index contributed by atoms with van der Waals surface area (Å²) < 4.78 is 27.8. The molecule has 48 heavy (non-hydrogen) atoms. The number of ketones is 1. The van der Waals surface area contributed by atoms with Crippen LogP contribution >= 0.6 is 0 Å². The van der Waals surface area contributed by atoms with Crippen LogP contribution in [0.25, 0.3) is 0 Å². The van der Waals surface area contributed by atoms with Gasteiger partial charge in [0.2, 0.25) is 5.78 Å². The van der Waals surface area contributed by atoms with Crippen LogP contribution in [0.1, 0.15) is 84.0 Å². The second-order valence-electron chi connectivity index (χ2n) is 12.3. The summed E-state index contributed by atoms with van der Waals surface area (Å²) in [6, 6.07) is 11.9. The van der Waals surface area contributed by atoms with Crippen molar-refractivity contribution in [2.75, 3.05) is 47.6 Å². The van der Waals surface area contributed by atoms with Crippen molar-refractivity contribution >= 4 is 23.6 Å². The molecule has 2 aromatic carbocycles. The SMILES string of the molecule is C.CCC(C)(C)C(=O)C(=O)N1CCCCC1C(=O)O[C@H](CCc1ccc(OC)c(OC)c1)c1cccc(OCC(=O)NCCCOC)c1. The molecular formula is C37H54N2O9. The number of benzene rings is 2. The molecule has 2 amide bonds. The molecule has 1 aliphatic heterocycles. The van der Waals surface area contributed by atoms with Gasteiger partial charge in [0.25, 0.3) is 11.8 Å². The van der Waals surface area contributed by atoms with E-state index in [1.165, 1.54) is 4.90 Å². The molecule has 11 heteroatoms. The number of piperidine rings is 1. The molecular weight excluding hydrogens is 616 g/mol. The second kappa shape index (κ2) is 19.6. The van der Waals surface area contributed by atoms with E-state index in [1.54, 1.807) is 53.4 Å². The largest absolute Gasteiger partial charge is 0.493 e. The smallest absolute Gasteiger partial charge is 0.329 e. The number of hydrogen-bond acceptors (Lipinski definition) is 9. The predicted octanol–water partition coefficient (Wildman–Crippen LogP) is 5.47. The molecule has 0 spiro atoms. The predicted molar refractivity (Wildman–Crippen MR) is 183 cm³/mol. The van der Waals surface area contributed by atoms with E-state index in [4.69, 9.17) is 23.7 Å². The fraction of sp³-hybridized carbons (Fsp3) is 0.568. The van der Waals surface area contributed by atoms with Crippen molar-refractivity contribution in [3.8, 4) is 17.2 Å². The summed E-state index contributed by atoms with van der Waals surface area (Å²) in [5, 5.41) is 2.79. The molecule has 1 N–H and O–H groups in total. The molecule has 0 aliphatic carbocycles. The van der Waals surface area contributed by atoms with Crippen molar-refractivity contribution in [3.05, 3.63) is 53.6 Å². The molecule has 0 saturated carbocycles. The van der Waals surface area contributed by atoms with Gasteiger partial charge in [0, 0.05) is 32.2 Å². The third-order valence-electron chi connectivity index (χ3n) is 8.58. The number of aryl methyl sites for hydroxylation is 1. The number of likely N-dealkylation sites (tertiary alicyclic amines) is 1. The quantitative estimate of drug-likeness (QED) is 0.125. The zero-order valence-corrected chi connectivity index (χ0v) is 28.6. The van der Waals surface area contributed by atoms with Crippen LogP contribution in [0.15, 0.2) is 42.5 Å². The number of Topliss-reactive ketones (excluding diaryl/α,β-unsaturated/α-hetero) is 1. The number of rotatable bonds is 18. The van der Waals surface area contributed by atoms with E-state index in [1.807, 2.05) is 31.2 Å². The summed E-state index contributed by atoms with van der Waals surface area (Å²) in [6.45, 7) is 6.52. The summed E-state index contributed by atoms with van der Waals surface area (Å²) in [6.07, 6.45) is 3.29. The van der Waals surface area contributed by atoms with Crippen LogP contribution in [-0.4, -0.2) is 82.1 Å². The van der Waals surface area contributed by atoms with Crippen molar-refractivity contribution in [1.29, 1.82) is 0 Å². The zero-order chi connectivity index (χ0) is 34.4. The monoisotopic (exact) mass is 670 g/mol. The highest BCUT2D eigenvalue weighted by atomic mass is 16.5. The summed E-state index contributed by atoms with van der Waals surface area (Å²) in [7, 11) is 4.75. The minimum atomic E-state index is -0.863. The first-order valence-corrected chi connectivity index (χ1v) is 16.3. The normalized spacial score (nSPS) is 15.0. The molecule has 2 atom stereocenters. The number of carbonyl (C=O) groups excluding carboxylic acids is 4. The number of nitrogens with zero attached hydrogens (tertiary/aromatic N) is 1. The van der Waals surface area contributed by atoms with Crippen molar-refractivity contribution in [3.63, 3.8) is 0 Å². The van der Waals surface area contributed by atoms with Gasteiger partial charge in [-0.2, -0.15) is 0 Å². The molecule has 0 bridgehead atoms. The van der Waals surface area contributed by atoms with Crippen molar-refractivity contribution in [2.24, 2.45) is 5.41 Å². The van der Waals surface area contributed by atoms with E-state index in [0.29, 0.717) is 81.0 Å². The van der Waals surface area contributed by atoms with E-state index in [0.717, 1.165) is 12.0 Å². The van der Waals surface area contributed by atoms with E-state index < -0.39 is 35.2 Å². The zero-order valence-electron chi connectivity index (χ0n) is 28.6. The van der Waals surface area contributed by atoms with Crippen LogP contribution in [0, 0.1) is 5.41 Å². The molecule has 2 aromatic rings. The number of amides is 2. The fourth-order valence-electron chi connectivity index (χ4n) is 5.30. The van der Waals surface area contributed by atoms with E-state index in [9.17, 15) is 19.2 Å². The van der Waals surface area contributed by atoms with Crippen LogP contribution in [-0.2, 0) is 35.1 Å². The topological polar surface area (TPSA) is 130 Å². The lowest BCUT2D eigenvalue weighted by Crippen LogP contribution is -2.53. The lowest BCUT2D eigenvalue weighted by molar-refractivity contribution is -0.164. The Kier molecular flexibility index (Phi) is 16.4. The van der Waals surface area contributed by atoms with E-state index in [-0.39, 0.29) is 19.9 Å². The van der Waals surface area contributed by atoms with E-state index >= 15 is 0 Å². The number of nitrogens with one attached hydrogen (secondary N) is 1. The Morgan fingerprint density at radius 2 is 1.75 bits per heavy atom. The van der Waals surface area contributed by atoms with Gasteiger partial charge in [-0.05, 0) is 80.3 Å². The highest BCUT2D eigenvalue weighted by Crippen LogP contribution is 2.32. The Bertz CT molecular complexity index is 1360. The fourth-order valence-corrected chi connectivity index (χ4v) is 5.30. The van der Waals surface area contributed by atoms with Gasteiger partial charge in [0.15, 0.2) is 18.1 Å². The van der Waals surface area contributed by atoms with Gasteiger partial charge in [-0.25, -0.2) is 4.79 Å². The molecule has 1 saturated heterocycles. The third-order valence-corrected chi connectivity index (χ3v) is 8.58. The molecule has 1 unspecified atom stereocenters. The van der Waals surface area contributed by atoms with Crippen LogP contribution in [0.2, 0.25) is 0 Å². The highest BCUT2D eigenvalue weighted by molar-refractivity contribution is 6.38. The van der Waals surface area contributed by atoms with Gasteiger partial charge in [-0.3, -0.25) is 14.4 Å². The number of methoxy groups -OCH3 is 3. The molecule has 3 rings (SSSR count). The van der Waals surface area contributed by atoms with Gasteiger partial charge >= 0.3 is 5.97 Å². The standard InChI is InChI=1S/C36H50N2O9.CH4/c1-7-36(2,3)33(40)34(41)38-20-9-8-14-28(38)35(42)47-29(17-15-25-16-18-30(44-5)31(22-25)45-6)26-12-10-13-27(23-26)46-24-32(39)37-19-11-21-43-4;/h10,12-13,16,18,22-23,28-29H,7-9,11,14-15,17,19-21,24H2,1-6H3,(H,37,39);1H4/t28?,29-;/m1./s1. The van der Waals surface area contributed by atoms with Crippen LogP contribution in [0.4, 0.5) is 0 Å². The van der Waals surface area contributed by atoms with Crippen LogP contribution in [0.5, 0.6) is 17.2 Å². The van der Waals surface area contributed by atoms with Crippen LogP contribution in [0.3, 0.4) is 0 Å². The Morgan fingerprint density at radius 3 is 2.44 bits per heavy atom. The van der Waals surface area contributed by atoms with E-state index in [2.05, 4.69) is 5.32 Å². The first kappa shape index (κ1) is 40.1. The first-order valence-electron chi connectivity index (χ1n) is 16.3. The minimum absolute atomic E-state index is 0. The van der Waals surface area contributed by atoms with Crippen LogP contribution < -0.4 is 19.5 Å². The Morgan fingerprint density at radius 1 is 1.00 bits per heavy atom. The maximum Gasteiger partial charge on any atom is 0.329 e. The van der Waals surface area contributed by atoms with Crippen molar-refractivity contribution < 1.29 is 42.9 Å². The number of ether oxygens (including phenoxy) is 5. The average Bonchev–Trinajstić information content (AvgIpc) is 3.10. The minimum Gasteiger partial charge on any atom is -0.493 e. The summed E-state index contributed by atoms with van der Waals surface area (Å²) in [5.74, 6) is -0.317. The second-order valence-corrected chi connectivity index (χ2v) is 12.3. The van der Waals surface area contributed by atoms with Crippen molar-refractivity contribution in [1.82, 2.24) is 10.2 Å². The van der Waals surface area contributed by atoms with Gasteiger partial charge < -0.3 is 33.9 Å². The first-order chi connectivity index (χ1) is 22.5. The Balaban J connectivity index is 0.00000800. The maximum atomic E-state index is 13.8. The number of carbonyl (C=O) groups is 4. The van der Waals surface area contributed by atoms with Gasteiger partial charge in [-0.15, -0.1) is 0 Å². The summed E-state index contributed by atoms with van der Waals surface area (Å²) in [5.41, 5.74) is 0.795. The summed E-state index contributed by atoms with van der Waals surface area (Å²) in [4.78, 5) is 53.9.